The highest BCUT2D eigenvalue weighted by Gasteiger charge is 2.31. The van der Waals surface area contributed by atoms with Crippen molar-refractivity contribution in [1.29, 1.82) is 0 Å². The van der Waals surface area contributed by atoms with Crippen LogP contribution in [0.4, 0.5) is 5.69 Å². The standard InChI is InChI=1S/C16H22N2O3/c1-11(2)18(10-8-15(19)20)16(21)13-7-9-17-14-6-4-3-5-12(13)14/h3-6,11,13,17H,7-10H2,1-2H3,(H,19,20). The second-order valence-electron chi connectivity index (χ2n) is 5.62. The van der Waals surface area contributed by atoms with Crippen molar-refractivity contribution in [3.05, 3.63) is 29.8 Å². The zero-order valence-electron chi connectivity index (χ0n) is 12.5. The second kappa shape index (κ2) is 6.61. The molecule has 0 saturated carbocycles. The van der Waals surface area contributed by atoms with Gasteiger partial charge < -0.3 is 15.3 Å². The summed E-state index contributed by atoms with van der Waals surface area (Å²) in [7, 11) is 0. The normalized spacial score (nSPS) is 17.0. The summed E-state index contributed by atoms with van der Waals surface area (Å²) in [6.07, 6.45) is 0.725. The van der Waals surface area contributed by atoms with Gasteiger partial charge in [-0.25, -0.2) is 0 Å². The Bertz CT molecular complexity index is 528. The quantitative estimate of drug-likeness (QED) is 0.873. The molecule has 114 valence electrons. The van der Waals surface area contributed by atoms with Crippen LogP contribution in [-0.2, 0) is 9.59 Å². The van der Waals surface area contributed by atoms with Crippen LogP contribution in [0.3, 0.4) is 0 Å². The average Bonchev–Trinajstić information content (AvgIpc) is 2.46. The molecule has 1 atom stereocenters. The maximum atomic E-state index is 12.8. The molecule has 21 heavy (non-hydrogen) atoms. The van der Waals surface area contributed by atoms with Gasteiger partial charge in [0.05, 0.1) is 12.3 Å². The number of amides is 1. The Balaban J connectivity index is 2.19. The van der Waals surface area contributed by atoms with Crippen LogP contribution < -0.4 is 5.32 Å². The highest BCUT2D eigenvalue weighted by molar-refractivity contribution is 5.87. The molecule has 1 heterocycles. The second-order valence-corrected chi connectivity index (χ2v) is 5.62. The molecule has 0 radical (unpaired) electrons. The summed E-state index contributed by atoms with van der Waals surface area (Å²) in [6, 6.07) is 7.83. The Morgan fingerprint density at radius 2 is 2.10 bits per heavy atom. The van der Waals surface area contributed by atoms with E-state index in [1.807, 2.05) is 38.1 Å². The molecule has 1 aromatic carbocycles. The number of nitrogens with one attached hydrogen (secondary N) is 1. The van der Waals surface area contributed by atoms with Gasteiger partial charge in [0.25, 0.3) is 0 Å². The summed E-state index contributed by atoms with van der Waals surface area (Å²) in [5.41, 5.74) is 2.01. The minimum absolute atomic E-state index is 0.00102. The maximum Gasteiger partial charge on any atom is 0.305 e. The number of nitrogens with zero attached hydrogens (tertiary/aromatic N) is 1. The van der Waals surface area contributed by atoms with Crippen molar-refractivity contribution in [2.45, 2.75) is 38.6 Å². The van der Waals surface area contributed by atoms with Gasteiger partial charge in [-0.1, -0.05) is 18.2 Å². The van der Waals surface area contributed by atoms with Gasteiger partial charge in [0.1, 0.15) is 0 Å². The van der Waals surface area contributed by atoms with E-state index in [9.17, 15) is 9.59 Å². The lowest BCUT2D eigenvalue weighted by Crippen LogP contribution is -2.42. The van der Waals surface area contributed by atoms with E-state index >= 15 is 0 Å². The van der Waals surface area contributed by atoms with E-state index in [-0.39, 0.29) is 30.8 Å². The van der Waals surface area contributed by atoms with Crippen molar-refractivity contribution in [2.24, 2.45) is 0 Å². The molecule has 1 aliphatic heterocycles. The molecular formula is C16H22N2O3. The highest BCUT2D eigenvalue weighted by atomic mass is 16.4. The third kappa shape index (κ3) is 3.54. The molecule has 1 amide bonds. The Labute approximate surface area is 125 Å². The molecule has 0 spiro atoms. The Morgan fingerprint density at radius 1 is 1.38 bits per heavy atom. The largest absolute Gasteiger partial charge is 0.481 e. The van der Waals surface area contributed by atoms with Crippen LogP contribution in [0.15, 0.2) is 24.3 Å². The summed E-state index contributed by atoms with van der Waals surface area (Å²) >= 11 is 0. The topological polar surface area (TPSA) is 69.6 Å². The van der Waals surface area contributed by atoms with Crippen LogP contribution in [0.25, 0.3) is 0 Å². The smallest absolute Gasteiger partial charge is 0.305 e. The molecule has 0 aliphatic carbocycles. The fourth-order valence-electron chi connectivity index (χ4n) is 2.76. The molecule has 0 bridgehead atoms. The van der Waals surface area contributed by atoms with Crippen LogP contribution in [0.2, 0.25) is 0 Å². The lowest BCUT2D eigenvalue weighted by Gasteiger charge is -2.33. The van der Waals surface area contributed by atoms with Gasteiger partial charge >= 0.3 is 5.97 Å². The van der Waals surface area contributed by atoms with Gasteiger partial charge in [-0.3, -0.25) is 9.59 Å². The van der Waals surface area contributed by atoms with Crippen LogP contribution in [-0.4, -0.2) is 41.0 Å². The number of carbonyl (C=O) groups is 2. The first-order valence-electron chi connectivity index (χ1n) is 7.35. The van der Waals surface area contributed by atoms with Crippen molar-refractivity contribution in [3.63, 3.8) is 0 Å². The van der Waals surface area contributed by atoms with Crippen molar-refractivity contribution in [1.82, 2.24) is 4.90 Å². The number of carbonyl (C=O) groups excluding carboxylic acids is 1. The molecule has 0 saturated heterocycles. The van der Waals surface area contributed by atoms with Gasteiger partial charge in [0, 0.05) is 24.8 Å². The third-order valence-corrected chi connectivity index (χ3v) is 3.86. The molecule has 1 unspecified atom stereocenters. The van der Waals surface area contributed by atoms with Gasteiger partial charge in [0.2, 0.25) is 5.91 Å². The number of fused-ring (bicyclic) bond motifs is 1. The molecule has 0 aromatic heterocycles. The third-order valence-electron chi connectivity index (χ3n) is 3.86. The van der Waals surface area contributed by atoms with Gasteiger partial charge in [-0.2, -0.15) is 0 Å². The number of hydrogen-bond donors (Lipinski definition) is 2. The lowest BCUT2D eigenvalue weighted by molar-refractivity contribution is -0.139. The molecule has 1 aliphatic rings. The number of benzene rings is 1. The van der Waals surface area contributed by atoms with E-state index in [1.165, 1.54) is 0 Å². The monoisotopic (exact) mass is 290 g/mol. The van der Waals surface area contributed by atoms with E-state index in [4.69, 9.17) is 5.11 Å². The van der Waals surface area contributed by atoms with Crippen molar-refractivity contribution >= 4 is 17.6 Å². The molecule has 2 rings (SSSR count). The first-order chi connectivity index (χ1) is 10.0. The molecule has 2 N–H and O–H groups in total. The first kappa shape index (κ1) is 15.4. The van der Waals surface area contributed by atoms with Crippen molar-refractivity contribution < 1.29 is 14.7 Å². The first-order valence-corrected chi connectivity index (χ1v) is 7.35. The summed E-state index contributed by atoms with van der Waals surface area (Å²) < 4.78 is 0. The van der Waals surface area contributed by atoms with Crippen LogP contribution in [0.5, 0.6) is 0 Å². The minimum atomic E-state index is -0.876. The van der Waals surface area contributed by atoms with Gasteiger partial charge in [0.15, 0.2) is 0 Å². The fourth-order valence-corrected chi connectivity index (χ4v) is 2.76. The Morgan fingerprint density at radius 3 is 2.76 bits per heavy atom. The molecule has 5 heteroatoms. The van der Waals surface area contributed by atoms with Crippen molar-refractivity contribution in [2.75, 3.05) is 18.4 Å². The zero-order valence-corrected chi connectivity index (χ0v) is 12.5. The molecular weight excluding hydrogens is 268 g/mol. The average molecular weight is 290 g/mol. The van der Waals surface area contributed by atoms with E-state index in [2.05, 4.69) is 5.32 Å². The number of carboxylic acid groups (broad SMARTS) is 1. The predicted molar refractivity (Wildman–Crippen MR) is 81.4 cm³/mol. The molecule has 1 aromatic rings. The van der Waals surface area contributed by atoms with Gasteiger partial charge in [-0.05, 0) is 31.9 Å². The maximum absolute atomic E-state index is 12.8. The van der Waals surface area contributed by atoms with Gasteiger partial charge in [-0.15, -0.1) is 0 Å². The number of hydrogen-bond acceptors (Lipinski definition) is 3. The lowest BCUT2D eigenvalue weighted by atomic mass is 9.89. The number of aliphatic carboxylic acids is 1. The number of anilines is 1. The number of para-hydroxylation sites is 1. The van der Waals surface area contributed by atoms with E-state index in [1.54, 1.807) is 4.90 Å². The minimum Gasteiger partial charge on any atom is -0.481 e. The summed E-state index contributed by atoms with van der Waals surface area (Å²) in [5, 5.41) is 12.1. The van der Waals surface area contributed by atoms with E-state index in [0.717, 1.165) is 24.2 Å². The van der Waals surface area contributed by atoms with Crippen molar-refractivity contribution in [3.8, 4) is 0 Å². The SMILES string of the molecule is CC(C)N(CCC(=O)O)C(=O)C1CCNc2ccccc21. The molecule has 0 fully saturated rings. The summed E-state index contributed by atoms with van der Waals surface area (Å²) in [6.45, 7) is 4.87. The zero-order chi connectivity index (χ0) is 15.4. The van der Waals surface area contributed by atoms with Crippen LogP contribution in [0, 0.1) is 0 Å². The molecule has 5 nitrogen and oxygen atoms in total. The fraction of sp³-hybridized carbons (Fsp3) is 0.500. The predicted octanol–water partition coefficient (Wildman–Crippen LogP) is 2.30. The summed E-state index contributed by atoms with van der Waals surface area (Å²) in [5.74, 6) is -1.03. The van der Waals surface area contributed by atoms with E-state index < -0.39 is 5.97 Å². The highest BCUT2D eigenvalue weighted by Crippen LogP contribution is 2.33. The Hall–Kier alpha value is -2.04. The summed E-state index contributed by atoms with van der Waals surface area (Å²) in [4.78, 5) is 25.3. The van der Waals surface area contributed by atoms with Crippen LogP contribution >= 0.6 is 0 Å². The van der Waals surface area contributed by atoms with Crippen LogP contribution in [0.1, 0.15) is 38.2 Å². The number of carboxylic acids is 1. The number of rotatable bonds is 5. The van der Waals surface area contributed by atoms with E-state index in [0.29, 0.717) is 0 Å². The Kier molecular flexibility index (Phi) is 4.83.